The molecule has 0 bridgehead atoms. The summed E-state index contributed by atoms with van der Waals surface area (Å²) in [6, 6.07) is 36.1. The van der Waals surface area contributed by atoms with Crippen molar-refractivity contribution in [1.82, 2.24) is 9.80 Å². The van der Waals surface area contributed by atoms with Crippen molar-refractivity contribution < 1.29 is 9.53 Å². The van der Waals surface area contributed by atoms with Crippen LogP contribution in [0.1, 0.15) is 16.7 Å². The van der Waals surface area contributed by atoms with E-state index in [1.165, 1.54) is 12.7 Å². The number of aliphatic imine (C=N–C) groups is 1. The fourth-order valence-electron chi connectivity index (χ4n) is 6.12. The first-order valence-corrected chi connectivity index (χ1v) is 16.2. The van der Waals surface area contributed by atoms with Gasteiger partial charge in [-0.25, -0.2) is 4.99 Å². The van der Waals surface area contributed by atoms with Gasteiger partial charge < -0.3 is 4.74 Å². The predicted molar refractivity (Wildman–Crippen MR) is 181 cm³/mol. The first-order valence-electron chi connectivity index (χ1n) is 14.6. The number of carbonyl (C=O) groups is 1. The second-order valence-electron chi connectivity index (χ2n) is 10.9. The Balaban J connectivity index is 1.53. The van der Waals surface area contributed by atoms with Crippen molar-refractivity contribution in [3.8, 4) is 0 Å². The Bertz CT molecular complexity index is 1590. The Hall–Kier alpha value is -3.39. The van der Waals surface area contributed by atoms with Gasteiger partial charge >= 0.3 is 5.97 Å². The molecule has 2 heterocycles. The van der Waals surface area contributed by atoms with E-state index in [1.54, 1.807) is 11.8 Å². The minimum atomic E-state index is -0.880. The Labute approximate surface area is 273 Å². The van der Waals surface area contributed by atoms with Crippen molar-refractivity contribution in [1.29, 1.82) is 0 Å². The number of methoxy groups -OCH3 is 1. The molecule has 2 aliphatic rings. The second kappa shape index (κ2) is 13.7. The number of thioether (sulfide) groups is 1. The number of benzene rings is 4. The van der Waals surface area contributed by atoms with Gasteiger partial charge in [-0.15, -0.1) is 0 Å². The lowest BCUT2D eigenvalue weighted by molar-refractivity contribution is -0.150. The van der Waals surface area contributed by atoms with E-state index >= 15 is 0 Å². The summed E-state index contributed by atoms with van der Waals surface area (Å²) in [5.74, 6) is -0.884. The lowest BCUT2D eigenvalue weighted by Crippen LogP contribution is -2.62. The van der Waals surface area contributed by atoms with Crippen LogP contribution in [0, 0.1) is 5.92 Å². The highest BCUT2D eigenvalue weighted by atomic mass is 35.5. The van der Waals surface area contributed by atoms with Crippen LogP contribution in [-0.2, 0) is 29.0 Å². The third kappa shape index (κ3) is 6.37. The van der Waals surface area contributed by atoms with E-state index in [9.17, 15) is 4.79 Å². The summed E-state index contributed by atoms with van der Waals surface area (Å²) in [5, 5.41) is 2.24. The van der Waals surface area contributed by atoms with Crippen molar-refractivity contribution in [3.05, 3.63) is 147 Å². The third-order valence-electron chi connectivity index (χ3n) is 8.20. The normalized spacial score (nSPS) is 20.1. The first kappa shape index (κ1) is 30.6. The Morgan fingerprint density at radius 3 is 1.86 bits per heavy atom. The van der Waals surface area contributed by atoms with Gasteiger partial charge in [0.25, 0.3) is 0 Å². The average molecular weight is 643 g/mol. The van der Waals surface area contributed by atoms with E-state index < -0.39 is 11.6 Å². The highest BCUT2D eigenvalue weighted by Gasteiger charge is 2.64. The summed E-state index contributed by atoms with van der Waals surface area (Å²) in [7, 11) is 1.48. The van der Waals surface area contributed by atoms with Gasteiger partial charge in [-0.2, -0.15) is 0 Å². The van der Waals surface area contributed by atoms with Gasteiger partial charge in [0.05, 0.1) is 12.8 Å². The Morgan fingerprint density at radius 1 is 0.818 bits per heavy atom. The monoisotopic (exact) mass is 641 g/mol. The lowest BCUT2D eigenvalue weighted by Gasteiger charge is -2.44. The van der Waals surface area contributed by atoms with Crippen LogP contribution >= 0.6 is 35.0 Å². The minimum Gasteiger partial charge on any atom is -0.468 e. The van der Waals surface area contributed by atoms with Crippen LogP contribution in [0.3, 0.4) is 0 Å². The summed E-state index contributed by atoms with van der Waals surface area (Å²) >= 11 is 14.1. The van der Waals surface area contributed by atoms with Gasteiger partial charge in [0.2, 0.25) is 0 Å². The zero-order valence-corrected chi connectivity index (χ0v) is 26.7. The smallest absolute Gasteiger partial charge is 0.317 e. The maximum Gasteiger partial charge on any atom is 0.317 e. The third-order valence-corrected chi connectivity index (χ3v) is 9.93. The van der Waals surface area contributed by atoms with Crippen molar-refractivity contribution >= 4 is 51.7 Å². The van der Waals surface area contributed by atoms with Crippen LogP contribution < -0.4 is 0 Å². The quantitative estimate of drug-likeness (QED) is 0.181. The summed E-state index contributed by atoms with van der Waals surface area (Å²) in [4.78, 5) is 25.1. The number of ether oxygens (including phenoxy) is 1. The molecule has 6 rings (SSSR count). The predicted octanol–water partition coefficient (Wildman–Crippen LogP) is 8.40. The molecule has 2 aliphatic heterocycles. The largest absolute Gasteiger partial charge is 0.468 e. The van der Waals surface area contributed by atoms with Crippen LogP contribution in [0.2, 0.25) is 10.0 Å². The summed E-state index contributed by atoms with van der Waals surface area (Å²) < 4.78 is 5.59. The van der Waals surface area contributed by atoms with Crippen molar-refractivity contribution in [2.24, 2.45) is 10.9 Å². The molecule has 0 N–H and O–H groups in total. The number of para-hydroxylation sites is 1. The van der Waals surface area contributed by atoms with E-state index in [-0.39, 0.29) is 5.97 Å². The standard InChI is InChI=1S/C36H33Cl2N3O2S/c1-43-34(42)33-32(21-16-26-8-4-2-5-9-26)44-35(39-31-10-6-3-7-11-31)36(33)40(24-27-12-17-29(37)18-13-27)22-23-41(36)25-28-14-19-30(38)20-15-28/h2-15,17-21,33H,16,22-25H2,1H3/b32-21+,39-35?. The van der Waals surface area contributed by atoms with E-state index in [2.05, 4.69) is 28.0 Å². The van der Waals surface area contributed by atoms with E-state index in [4.69, 9.17) is 32.9 Å². The molecular weight excluding hydrogens is 609 g/mol. The fourth-order valence-corrected chi connectivity index (χ4v) is 7.82. The fraction of sp³-hybridized carbons (Fsp3) is 0.222. The molecule has 0 saturated carbocycles. The van der Waals surface area contributed by atoms with Crippen LogP contribution in [0.5, 0.6) is 0 Å². The topological polar surface area (TPSA) is 45.1 Å². The molecule has 2 saturated heterocycles. The van der Waals surface area contributed by atoms with Crippen LogP contribution in [-0.4, -0.2) is 46.7 Å². The van der Waals surface area contributed by atoms with Gasteiger partial charge in [0.15, 0.2) is 0 Å². The first-order chi connectivity index (χ1) is 21.5. The highest BCUT2D eigenvalue weighted by molar-refractivity contribution is 8.18. The van der Waals surface area contributed by atoms with E-state index in [0.29, 0.717) is 29.6 Å². The molecule has 1 atom stereocenters. The number of hydrogen-bond acceptors (Lipinski definition) is 6. The highest BCUT2D eigenvalue weighted by Crippen LogP contribution is 2.54. The molecule has 4 aromatic rings. The molecule has 0 aromatic heterocycles. The number of hydrogen-bond donors (Lipinski definition) is 0. The van der Waals surface area contributed by atoms with Crippen molar-refractivity contribution in [3.63, 3.8) is 0 Å². The molecule has 2 fully saturated rings. The maximum atomic E-state index is 14.1. The summed E-state index contributed by atoms with van der Waals surface area (Å²) in [6.45, 7) is 2.71. The molecule has 44 heavy (non-hydrogen) atoms. The van der Waals surface area contributed by atoms with Gasteiger partial charge in [-0.05, 0) is 59.5 Å². The average Bonchev–Trinajstić information content (AvgIpc) is 3.56. The molecule has 4 aromatic carbocycles. The van der Waals surface area contributed by atoms with Crippen LogP contribution in [0.4, 0.5) is 5.69 Å². The molecular formula is C36H33Cl2N3O2S. The van der Waals surface area contributed by atoms with Gasteiger partial charge in [0.1, 0.15) is 16.6 Å². The number of esters is 1. The molecule has 1 unspecified atom stereocenters. The number of allylic oxidation sites excluding steroid dienone is 1. The van der Waals surface area contributed by atoms with Crippen molar-refractivity contribution in [2.75, 3.05) is 20.2 Å². The number of nitrogens with zero attached hydrogens (tertiary/aromatic N) is 3. The Kier molecular flexibility index (Phi) is 9.55. The molecule has 0 radical (unpaired) electrons. The summed E-state index contributed by atoms with van der Waals surface area (Å²) in [6.07, 6.45) is 2.87. The maximum absolute atomic E-state index is 14.1. The Morgan fingerprint density at radius 2 is 1.34 bits per heavy atom. The van der Waals surface area contributed by atoms with Crippen LogP contribution in [0.15, 0.2) is 125 Å². The summed E-state index contributed by atoms with van der Waals surface area (Å²) in [5.41, 5.74) is 3.35. The molecule has 1 spiro atoms. The molecule has 5 nitrogen and oxygen atoms in total. The molecule has 224 valence electrons. The van der Waals surface area contributed by atoms with E-state index in [1.807, 2.05) is 97.1 Å². The SMILES string of the molecule is COC(=O)C1/C(=C\Cc2ccccc2)SC(=Nc2ccccc2)C12N(Cc1ccc(Cl)cc1)CCN2Cc1ccc(Cl)cc1. The van der Waals surface area contributed by atoms with Gasteiger partial charge in [0, 0.05) is 41.1 Å². The molecule has 0 aliphatic carbocycles. The van der Waals surface area contributed by atoms with E-state index in [0.717, 1.165) is 39.9 Å². The zero-order valence-electron chi connectivity index (χ0n) is 24.4. The number of rotatable bonds is 8. The molecule has 0 amide bonds. The minimum absolute atomic E-state index is 0.279. The number of halogens is 2. The zero-order chi connectivity index (χ0) is 30.5. The lowest BCUT2D eigenvalue weighted by atomic mass is 9.88. The van der Waals surface area contributed by atoms with Gasteiger partial charge in [-0.3, -0.25) is 14.6 Å². The van der Waals surface area contributed by atoms with Gasteiger partial charge in [-0.1, -0.05) is 114 Å². The van der Waals surface area contributed by atoms with Crippen LogP contribution in [0.25, 0.3) is 0 Å². The molecule has 8 heteroatoms. The van der Waals surface area contributed by atoms with Crippen molar-refractivity contribution in [2.45, 2.75) is 25.2 Å². The number of carbonyl (C=O) groups excluding carboxylic acids is 1. The second-order valence-corrected chi connectivity index (χ2v) is 12.9.